The number of rotatable bonds is 5. The van der Waals surface area contributed by atoms with Gasteiger partial charge in [0, 0.05) is 12.1 Å². The molecule has 1 atom stereocenters. The largest absolute Gasteiger partial charge is 0.370 e. The van der Waals surface area contributed by atoms with Gasteiger partial charge in [-0.15, -0.1) is 12.4 Å². The molecule has 2 rings (SSSR count). The minimum Gasteiger partial charge on any atom is -0.370 e. The Kier molecular flexibility index (Phi) is 6.14. The molecule has 0 radical (unpaired) electrons. The average Bonchev–Trinajstić information content (AvgIpc) is 2.44. The molecule has 0 aromatic heterocycles. The highest BCUT2D eigenvalue weighted by Gasteiger charge is 2.14. The van der Waals surface area contributed by atoms with Crippen LogP contribution in [0.25, 0.3) is 10.8 Å². The van der Waals surface area contributed by atoms with Crippen LogP contribution in [-0.4, -0.2) is 17.9 Å². The number of amides is 2. The summed E-state index contributed by atoms with van der Waals surface area (Å²) in [6.45, 7) is 0. The van der Waals surface area contributed by atoms with Crippen LogP contribution in [0.5, 0.6) is 0 Å². The monoisotopic (exact) mass is 307 g/mol. The van der Waals surface area contributed by atoms with Gasteiger partial charge in [0.1, 0.15) is 0 Å². The van der Waals surface area contributed by atoms with Crippen molar-refractivity contribution < 1.29 is 9.59 Å². The van der Waals surface area contributed by atoms with Crippen LogP contribution in [0, 0.1) is 0 Å². The van der Waals surface area contributed by atoms with E-state index in [-0.39, 0.29) is 31.2 Å². The molecule has 21 heavy (non-hydrogen) atoms. The van der Waals surface area contributed by atoms with Gasteiger partial charge in [-0.25, -0.2) is 0 Å². The SMILES string of the molecule is Cl.NC(=O)CCC(N)C(=O)Nc1ccc2ccccc2c1. The first kappa shape index (κ1) is 16.9. The quantitative estimate of drug-likeness (QED) is 0.785. The fourth-order valence-electron chi connectivity index (χ4n) is 1.93. The van der Waals surface area contributed by atoms with Gasteiger partial charge in [-0.1, -0.05) is 30.3 Å². The van der Waals surface area contributed by atoms with E-state index in [1.807, 2.05) is 42.5 Å². The lowest BCUT2D eigenvalue weighted by Crippen LogP contribution is -2.36. The van der Waals surface area contributed by atoms with Gasteiger partial charge in [0.05, 0.1) is 6.04 Å². The molecule has 0 aliphatic heterocycles. The molecule has 0 saturated heterocycles. The number of nitrogens with one attached hydrogen (secondary N) is 1. The topological polar surface area (TPSA) is 98.2 Å². The van der Waals surface area contributed by atoms with Crippen LogP contribution in [-0.2, 0) is 9.59 Å². The zero-order valence-electron chi connectivity index (χ0n) is 11.4. The van der Waals surface area contributed by atoms with Gasteiger partial charge in [0.15, 0.2) is 0 Å². The van der Waals surface area contributed by atoms with Crippen LogP contribution in [0.1, 0.15) is 12.8 Å². The summed E-state index contributed by atoms with van der Waals surface area (Å²) < 4.78 is 0. The number of carbonyl (C=O) groups excluding carboxylic acids is 2. The molecular formula is C15H18ClN3O2. The predicted molar refractivity (Wildman–Crippen MR) is 86.2 cm³/mol. The first-order chi connectivity index (χ1) is 9.56. The van der Waals surface area contributed by atoms with Crippen LogP contribution >= 0.6 is 12.4 Å². The Bertz CT molecular complexity index is 646. The number of hydrogen-bond donors (Lipinski definition) is 3. The van der Waals surface area contributed by atoms with Gasteiger partial charge in [-0.2, -0.15) is 0 Å². The molecule has 112 valence electrons. The van der Waals surface area contributed by atoms with Crippen molar-refractivity contribution >= 4 is 40.7 Å². The highest BCUT2D eigenvalue weighted by molar-refractivity contribution is 5.97. The number of nitrogens with two attached hydrogens (primary N) is 2. The van der Waals surface area contributed by atoms with Crippen LogP contribution in [0.4, 0.5) is 5.69 Å². The molecule has 0 bridgehead atoms. The first-order valence-electron chi connectivity index (χ1n) is 6.40. The lowest BCUT2D eigenvalue weighted by Gasteiger charge is -2.12. The molecule has 6 heteroatoms. The van der Waals surface area contributed by atoms with E-state index in [1.54, 1.807) is 0 Å². The van der Waals surface area contributed by atoms with Crippen molar-refractivity contribution in [2.45, 2.75) is 18.9 Å². The maximum Gasteiger partial charge on any atom is 0.241 e. The molecule has 0 fully saturated rings. The molecule has 0 heterocycles. The van der Waals surface area contributed by atoms with E-state index in [0.29, 0.717) is 5.69 Å². The van der Waals surface area contributed by atoms with E-state index < -0.39 is 11.9 Å². The average molecular weight is 308 g/mol. The highest BCUT2D eigenvalue weighted by Crippen LogP contribution is 2.19. The fourth-order valence-corrected chi connectivity index (χ4v) is 1.93. The van der Waals surface area contributed by atoms with Crippen molar-refractivity contribution in [3.8, 4) is 0 Å². The molecule has 2 aromatic carbocycles. The van der Waals surface area contributed by atoms with E-state index in [2.05, 4.69) is 5.32 Å². The number of halogens is 1. The molecule has 2 aromatic rings. The van der Waals surface area contributed by atoms with E-state index in [0.717, 1.165) is 10.8 Å². The minimum absolute atomic E-state index is 0. The molecule has 5 N–H and O–H groups in total. The predicted octanol–water partition coefficient (Wildman–Crippen LogP) is 1.79. The fraction of sp³-hybridized carbons (Fsp3) is 0.200. The van der Waals surface area contributed by atoms with Crippen molar-refractivity contribution in [3.63, 3.8) is 0 Å². The van der Waals surface area contributed by atoms with Crippen LogP contribution in [0.3, 0.4) is 0 Å². The number of anilines is 1. The minimum atomic E-state index is -0.742. The van der Waals surface area contributed by atoms with Crippen LogP contribution < -0.4 is 16.8 Å². The molecule has 5 nitrogen and oxygen atoms in total. The van der Waals surface area contributed by atoms with Gasteiger partial charge in [0.2, 0.25) is 11.8 Å². The number of carbonyl (C=O) groups is 2. The maximum atomic E-state index is 11.9. The summed E-state index contributed by atoms with van der Waals surface area (Å²) in [5.41, 5.74) is 11.4. The van der Waals surface area contributed by atoms with Gasteiger partial charge in [-0.3, -0.25) is 9.59 Å². The number of fused-ring (bicyclic) bond motifs is 1. The summed E-state index contributed by atoms with van der Waals surface area (Å²) in [5, 5.41) is 4.88. The Hall–Kier alpha value is -2.11. The Labute approximate surface area is 129 Å². The van der Waals surface area contributed by atoms with E-state index in [1.165, 1.54) is 0 Å². The zero-order chi connectivity index (χ0) is 14.5. The van der Waals surface area contributed by atoms with Crippen LogP contribution in [0.15, 0.2) is 42.5 Å². The van der Waals surface area contributed by atoms with Crippen molar-refractivity contribution in [1.29, 1.82) is 0 Å². The third-order valence-electron chi connectivity index (χ3n) is 3.06. The lowest BCUT2D eigenvalue weighted by atomic mass is 10.1. The molecule has 2 amide bonds. The molecule has 0 aliphatic carbocycles. The highest BCUT2D eigenvalue weighted by atomic mass is 35.5. The molecule has 0 saturated carbocycles. The third-order valence-corrected chi connectivity index (χ3v) is 3.06. The number of hydrogen-bond acceptors (Lipinski definition) is 3. The van der Waals surface area contributed by atoms with Crippen molar-refractivity contribution in [1.82, 2.24) is 0 Å². The summed E-state index contributed by atoms with van der Waals surface area (Å²) in [6, 6.07) is 12.8. The van der Waals surface area contributed by atoms with Gasteiger partial charge >= 0.3 is 0 Å². The maximum absolute atomic E-state index is 11.9. The van der Waals surface area contributed by atoms with E-state index in [9.17, 15) is 9.59 Å². The van der Waals surface area contributed by atoms with Gasteiger partial charge < -0.3 is 16.8 Å². The summed E-state index contributed by atoms with van der Waals surface area (Å²) in [6.07, 6.45) is 0.348. The Morgan fingerprint density at radius 2 is 1.76 bits per heavy atom. The Morgan fingerprint density at radius 1 is 1.10 bits per heavy atom. The summed E-state index contributed by atoms with van der Waals surface area (Å²) >= 11 is 0. The third kappa shape index (κ3) is 4.73. The summed E-state index contributed by atoms with van der Waals surface area (Å²) in [4.78, 5) is 22.5. The van der Waals surface area contributed by atoms with Gasteiger partial charge in [-0.05, 0) is 29.3 Å². The van der Waals surface area contributed by atoms with Crippen molar-refractivity contribution in [2.75, 3.05) is 5.32 Å². The molecular weight excluding hydrogens is 290 g/mol. The lowest BCUT2D eigenvalue weighted by molar-refractivity contribution is -0.119. The van der Waals surface area contributed by atoms with Crippen molar-refractivity contribution in [3.05, 3.63) is 42.5 Å². The second-order valence-corrected chi connectivity index (χ2v) is 4.66. The number of primary amides is 1. The second-order valence-electron chi connectivity index (χ2n) is 4.66. The molecule has 1 unspecified atom stereocenters. The van der Waals surface area contributed by atoms with E-state index >= 15 is 0 Å². The Morgan fingerprint density at radius 3 is 2.43 bits per heavy atom. The normalized spacial score (nSPS) is 11.5. The smallest absolute Gasteiger partial charge is 0.241 e. The Balaban J connectivity index is 0.00000220. The molecule has 0 spiro atoms. The summed E-state index contributed by atoms with van der Waals surface area (Å²) in [7, 11) is 0. The number of benzene rings is 2. The first-order valence-corrected chi connectivity index (χ1v) is 6.40. The standard InChI is InChI=1S/C15H17N3O2.ClH/c16-13(7-8-14(17)19)15(20)18-12-6-5-10-3-1-2-4-11(10)9-12;/h1-6,9,13H,7-8,16H2,(H2,17,19)(H,18,20);1H. The molecule has 0 aliphatic rings. The second kappa shape index (κ2) is 7.61. The van der Waals surface area contributed by atoms with Crippen molar-refractivity contribution in [2.24, 2.45) is 11.5 Å². The summed E-state index contributed by atoms with van der Waals surface area (Å²) in [5.74, 6) is -0.777. The van der Waals surface area contributed by atoms with Gasteiger partial charge in [0.25, 0.3) is 0 Å². The van der Waals surface area contributed by atoms with Crippen LogP contribution in [0.2, 0.25) is 0 Å². The van der Waals surface area contributed by atoms with E-state index in [4.69, 9.17) is 11.5 Å². The zero-order valence-corrected chi connectivity index (χ0v) is 12.2.